The van der Waals surface area contributed by atoms with Crippen LogP contribution >= 0.6 is 0 Å². The molecule has 3 aromatic rings. The van der Waals surface area contributed by atoms with E-state index in [1.54, 1.807) is 6.07 Å². The number of carbonyl (C=O) groups is 1. The second-order valence-electron chi connectivity index (χ2n) is 5.18. The Labute approximate surface area is 132 Å². The van der Waals surface area contributed by atoms with Gasteiger partial charge in [-0.15, -0.1) is 10.2 Å². The van der Waals surface area contributed by atoms with E-state index in [4.69, 9.17) is 8.94 Å². The number of aromatic nitrogens is 3. The van der Waals surface area contributed by atoms with Crippen LogP contribution < -0.4 is 5.32 Å². The molecule has 23 heavy (non-hydrogen) atoms. The zero-order valence-corrected chi connectivity index (χ0v) is 12.9. The molecule has 7 nitrogen and oxygen atoms in total. The highest BCUT2D eigenvalue weighted by atomic mass is 16.5. The number of carbonyl (C=O) groups excluding carboxylic acids is 1. The molecule has 2 heterocycles. The largest absolute Gasteiger partial charge is 0.423 e. The molecule has 118 valence electrons. The average molecular weight is 312 g/mol. The molecular formula is C16H16N4O3. The van der Waals surface area contributed by atoms with E-state index in [0.29, 0.717) is 24.4 Å². The van der Waals surface area contributed by atoms with Crippen LogP contribution in [0.4, 0.5) is 5.69 Å². The van der Waals surface area contributed by atoms with Crippen LogP contribution in [0, 0.1) is 13.8 Å². The third-order valence-corrected chi connectivity index (χ3v) is 3.54. The first-order chi connectivity index (χ1) is 11.1. The fraction of sp³-hybridized carbons (Fsp3) is 0.250. The van der Waals surface area contributed by atoms with Gasteiger partial charge < -0.3 is 14.3 Å². The predicted molar refractivity (Wildman–Crippen MR) is 82.7 cm³/mol. The highest BCUT2D eigenvalue weighted by Crippen LogP contribution is 2.21. The van der Waals surface area contributed by atoms with E-state index in [-0.39, 0.29) is 5.91 Å². The average Bonchev–Trinajstić information content (AvgIpc) is 3.17. The van der Waals surface area contributed by atoms with Crippen molar-refractivity contribution in [1.82, 2.24) is 15.4 Å². The van der Waals surface area contributed by atoms with E-state index < -0.39 is 0 Å². The maximum Gasteiger partial charge on any atom is 0.247 e. The minimum absolute atomic E-state index is 0.0762. The van der Waals surface area contributed by atoms with Crippen molar-refractivity contribution in [3.63, 3.8) is 0 Å². The van der Waals surface area contributed by atoms with Crippen LogP contribution in [0.15, 0.2) is 39.6 Å². The van der Waals surface area contributed by atoms with E-state index in [2.05, 4.69) is 20.7 Å². The van der Waals surface area contributed by atoms with Crippen LogP contribution in [0.25, 0.3) is 11.5 Å². The second kappa shape index (κ2) is 6.43. The van der Waals surface area contributed by atoms with Crippen LogP contribution in [0.1, 0.15) is 23.4 Å². The van der Waals surface area contributed by atoms with Crippen molar-refractivity contribution in [1.29, 1.82) is 0 Å². The molecule has 1 aromatic carbocycles. The number of benzene rings is 1. The summed E-state index contributed by atoms with van der Waals surface area (Å²) in [4.78, 5) is 12.1. The molecule has 0 saturated heterocycles. The molecule has 0 aliphatic carbocycles. The first-order valence-electron chi connectivity index (χ1n) is 7.21. The van der Waals surface area contributed by atoms with E-state index in [1.165, 1.54) is 6.39 Å². The quantitative estimate of drug-likeness (QED) is 0.778. The number of aryl methyl sites for hydroxylation is 2. The standard InChI is InChI=1S/C16H16N4O3/c1-10-14(11(2)23-20-10)6-7-15(21)18-13-5-3-4-12(8-13)16-19-17-9-22-16/h3-5,8-9H,6-7H2,1-2H3,(H,18,21). The number of nitrogens with one attached hydrogen (secondary N) is 1. The van der Waals surface area contributed by atoms with E-state index in [9.17, 15) is 4.79 Å². The predicted octanol–water partition coefficient (Wildman–Crippen LogP) is 2.91. The lowest BCUT2D eigenvalue weighted by molar-refractivity contribution is -0.116. The maximum absolute atomic E-state index is 12.1. The third-order valence-electron chi connectivity index (χ3n) is 3.54. The van der Waals surface area contributed by atoms with Crippen molar-refractivity contribution < 1.29 is 13.7 Å². The van der Waals surface area contributed by atoms with Crippen molar-refractivity contribution >= 4 is 11.6 Å². The van der Waals surface area contributed by atoms with E-state index >= 15 is 0 Å². The fourth-order valence-corrected chi connectivity index (χ4v) is 2.35. The molecule has 0 fully saturated rings. The van der Waals surface area contributed by atoms with Crippen LogP contribution in [0.2, 0.25) is 0 Å². The smallest absolute Gasteiger partial charge is 0.247 e. The lowest BCUT2D eigenvalue weighted by atomic mass is 10.1. The summed E-state index contributed by atoms with van der Waals surface area (Å²) in [6.45, 7) is 3.72. The maximum atomic E-state index is 12.1. The zero-order valence-electron chi connectivity index (χ0n) is 12.9. The third kappa shape index (κ3) is 3.45. The lowest BCUT2D eigenvalue weighted by Crippen LogP contribution is -2.12. The van der Waals surface area contributed by atoms with Gasteiger partial charge in [-0.3, -0.25) is 4.79 Å². The van der Waals surface area contributed by atoms with Crippen molar-refractivity contribution in [3.05, 3.63) is 47.7 Å². The topological polar surface area (TPSA) is 94.1 Å². The van der Waals surface area contributed by atoms with Gasteiger partial charge in [0.05, 0.1) is 5.69 Å². The van der Waals surface area contributed by atoms with Gasteiger partial charge in [0, 0.05) is 23.2 Å². The van der Waals surface area contributed by atoms with Gasteiger partial charge in [-0.25, -0.2) is 0 Å². The SMILES string of the molecule is Cc1noc(C)c1CCC(=O)Nc1cccc(-c2nnco2)c1. The number of rotatable bonds is 5. The van der Waals surface area contributed by atoms with Crippen molar-refractivity contribution in [2.75, 3.05) is 5.32 Å². The number of hydrogen-bond donors (Lipinski definition) is 1. The summed E-state index contributed by atoms with van der Waals surface area (Å²) in [6, 6.07) is 7.27. The number of anilines is 1. The Kier molecular flexibility index (Phi) is 4.18. The van der Waals surface area contributed by atoms with E-state index in [0.717, 1.165) is 22.6 Å². The molecule has 0 aliphatic heterocycles. The molecular weight excluding hydrogens is 296 g/mol. The molecule has 0 saturated carbocycles. The van der Waals surface area contributed by atoms with Crippen LogP contribution in [0.3, 0.4) is 0 Å². The summed E-state index contributed by atoms with van der Waals surface area (Å²) in [5, 5.41) is 14.2. The van der Waals surface area contributed by atoms with Gasteiger partial charge in [0.15, 0.2) is 0 Å². The number of hydrogen-bond acceptors (Lipinski definition) is 6. The second-order valence-corrected chi connectivity index (χ2v) is 5.18. The lowest BCUT2D eigenvalue weighted by Gasteiger charge is -2.06. The molecule has 0 spiro atoms. The fourth-order valence-electron chi connectivity index (χ4n) is 2.35. The normalized spacial score (nSPS) is 10.7. The van der Waals surface area contributed by atoms with Crippen molar-refractivity contribution in [3.8, 4) is 11.5 Å². The Bertz CT molecular complexity index is 789. The van der Waals surface area contributed by atoms with Gasteiger partial charge in [0.1, 0.15) is 5.76 Å². The van der Waals surface area contributed by atoms with Gasteiger partial charge in [-0.05, 0) is 38.5 Å². The molecule has 0 aliphatic rings. The van der Waals surface area contributed by atoms with Crippen LogP contribution in [-0.2, 0) is 11.2 Å². The molecule has 7 heteroatoms. The first-order valence-corrected chi connectivity index (χ1v) is 7.21. The molecule has 2 aromatic heterocycles. The van der Waals surface area contributed by atoms with Gasteiger partial charge in [-0.1, -0.05) is 11.2 Å². The van der Waals surface area contributed by atoms with Gasteiger partial charge in [0.2, 0.25) is 18.2 Å². The summed E-state index contributed by atoms with van der Waals surface area (Å²) in [6.07, 6.45) is 2.22. The van der Waals surface area contributed by atoms with E-state index in [1.807, 2.05) is 32.0 Å². The Hall–Kier alpha value is -2.96. The Morgan fingerprint density at radius 1 is 1.30 bits per heavy atom. The summed E-state index contributed by atoms with van der Waals surface area (Å²) in [7, 11) is 0. The van der Waals surface area contributed by atoms with Crippen LogP contribution in [0.5, 0.6) is 0 Å². The summed E-state index contributed by atoms with van der Waals surface area (Å²) < 4.78 is 10.2. The summed E-state index contributed by atoms with van der Waals surface area (Å²) in [5.74, 6) is 1.10. The number of amides is 1. The van der Waals surface area contributed by atoms with Crippen molar-refractivity contribution in [2.24, 2.45) is 0 Å². The minimum Gasteiger partial charge on any atom is -0.423 e. The molecule has 0 unspecified atom stereocenters. The molecule has 1 N–H and O–H groups in total. The van der Waals surface area contributed by atoms with Crippen LogP contribution in [-0.4, -0.2) is 21.3 Å². The molecule has 0 bridgehead atoms. The van der Waals surface area contributed by atoms with Gasteiger partial charge >= 0.3 is 0 Å². The monoisotopic (exact) mass is 312 g/mol. The summed E-state index contributed by atoms with van der Waals surface area (Å²) in [5.41, 5.74) is 3.25. The molecule has 3 rings (SSSR count). The van der Waals surface area contributed by atoms with Gasteiger partial charge in [0.25, 0.3) is 0 Å². The highest BCUT2D eigenvalue weighted by molar-refractivity contribution is 5.91. The first kappa shape index (κ1) is 15.0. The highest BCUT2D eigenvalue weighted by Gasteiger charge is 2.12. The zero-order chi connectivity index (χ0) is 16.2. The van der Waals surface area contributed by atoms with Crippen molar-refractivity contribution in [2.45, 2.75) is 26.7 Å². The molecule has 0 radical (unpaired) electrons. The summed E-state index contributed by atoms with van der Waals surface area (Å²) >= 11 is 0. The Morgan fingerprint density at radius 2 is 2.17 bits per heavy atom. The minimum atomic E-state index is -0.0762. The number of nitrogens with zero attached hydrogens (tertiary/aromatic N) is 3. The Balaban J connectivity index is 1.63. The Morgan fingerprint density at radius 3 is 2.87 bits per heavy atom. The molecule has 1 amide bonds. The molecule has 0 atom stereocenters. The van der Waals surface area contributed by atoms with Gasteiger partial charge in [-0.2, -0.15) is 0 Å².